The molecule has 5 nitrogen and oxygen atoms in total. The maximum absolute atomic E-state index is 12.5. The molecule has 142 valence electrons. The van der Waals surface area contributed by atoms with Gasteiger partial charge in [0, 0.05) is 11.3 Å². The summed E-state index contributed by atoms with van der Waals surface area (Å²) in [6.45, 7) is 2.43. The van der Waals surface area contributed by atoms with Gasteiger partial charge in [-0.2, -0.15) is 5.10 Å². The van der Waals surface area contributed by atoms with Crippen LogP contribution in [0.2, 0.25) is 0 Å². The largest absolute Gasteiger partial charge is 0.493 e. The van der Waals surface area contributed by atoms with Gasteiger partial charge in [-0.05, 0) is 72.5 Å². The molecule has 0 aromatic heterocycles. The van der Waals surface area contributed by atoms with Crippen LogP contribution in [-0.4, -0.2) is 25.3 Å². The van der Waals surface area contributed by atoms with E-state index in [1.165, 1.54) is 32.1 Å². The zero-order valence-electron chi connectivity index (χ0n) is 15.5. The Kier molecular flexibility index (Phi) is 6.57. The Morgan fingerprint density at radius 2 is 2.04 bits per heavy atom. The van der Waals surface area contributed by atoms with Crippen molar-refractivity contribution in [2.75, 3.05) is 13.7 Å². The first-order valence-electron chi connectivity index (χ1n) is 9.48. The molecule has 2 aliphatic rings. The van der Waals surface area contributed by atoms with Gasteiger partial charge in [0.1, 0.15) is 0 Å². The fourth-order valence-electron chi connectivity index (χ4n) is 4.12. The minimum absolute atomic E-state index is 0.231. The number of hydrogen-bond acceptors (Lipinski definition) is 4. The number of halogens is 1. The zero-order valence-corrected chi connectivity index (χ0v) is 17.1. The van der Waals surface area contributed by atoms with E-state index in [0.717, 1.165) is 30.4 Å². The number of amides is 1. The standard InChI is InChI=1S/C20H27BrN2O3/c1-3-26-19-17(21)11-15(12-18(19)25-2)20(24)23-22-16-9-8-13-6-4-5-7-14(13)10-16/h11-14H,3-10H2,1-2H3,(H,23,24)/b22-16-/t13-,14+/m0/s1. The van der Waals surface area contributed by atoms with Crippen LogP contribution >= 0.6 is 15.9 Å². The number of rotatable bonds is 5. The van der Waals surface area contributed by atoms with Gasteiger partial charge in [-0.3, -0.25) is 4.79 Å². The normalized spacial score (nSPS) is 24.0. The average Bonchev–Trinajstić information content (AvgIpc) is 2.67. The molecule has 2 atom stereocenters. The Labute approximate surface area is 163 Å². The van der Waals surface area contributed by atoms with Gasteiger partial charge in [0.15, 0.2) is 11.5 Å². The molecule has 2 aliphatic carbocycles. The van der Waals surface area contributed by atoms with Crippen LogP contribution in [0.1, 0.15) is 62.2 Å². The van der Waals surface area contributed by atoms with Gasteiger partial charge in [-0.15, -0.1) is 0 Å². The van der Waals surface area contributed by atoms with E-state index >= 15 is 0 Å². The molecule has 0 unspecified atom stereocenters. The second kappa shape index (κ2) is 8.89. The number of benzene rings is 1. The van der Waals surface area contributed by atoms with Gasteiger partial charge in [0.25, 0.3) is 5.91 Å². The molecule has 1 aromatic rings. The van der Waals surface area contributed by atoms with Gasteiger partial charge in [-0.1, -0.05) is 19.3 Å². The van der Waals surface area contributed by atoms with Crippen molar-refractivity contribution in [1.82, 2.24) is 5.43 Å². The number of ether oxygens (including phenoxy) is 2. The number of carbonyl (C=O) groups is 1. The van der Waals surface area contributed by atoms with Gasteiger partial charge >= 0.3 is 0 Å². The summed E-state index contributed by atoms with van der Waals surface area (Å²) in [6.07, 6.45) is 8.62. The number of hydrazone groups is 1. The van der Waals surface area contributed by atoms with Crippen molar-refractivity contribution in [3.63, 3.8) is 0 Å². The summed E-state index contributed by atoms with van der Waals surface area (Å²) in [7, 11) is 1.56. The molecule has 0 aliphatic heterocycles. The van der Waals surface area contributed by atoms with Crippen LogP contribution in [0.3, 0.4) is 0 Å². The van der Waals surface area contributed by atoms with E-state index in [2.05, 4.69) is 26.5 Å². The number of methoxy groups -OCH3 is 1. The highest BCUT2D eigenvalue weighted by Gasteiger charge is 2.30. The third-order valence-electron chi connectivity index (χ3n) is 5.46. The minimum Gasteiger partial charge on any atom is -0.493 e. The maximum atomic E-state index is 12.5. The minimum atomic E-state index is -0.231. The van der Waals surface area contributed by atoms with Crippen LogP contribution in [0.4, 0.5) is 0 Å². The second-order valence-electron chi connectivity index (χ2n) is 7.09. The third-order valence-corrected chi connectivity index (χ3v) is 6.05. The molecule has 0 bridgehead atoms. The van der Waals surface area contributed by atoms with Crippen LogP contribution in [0.25, 0.3) is 0 Å². The lowest BCUT2D eigenvalue weighted by Gasteiger charge is -2.35. The summed E-state index contributed by atoms with van der Waals surface area (Å²) < 4.78 is 11.6. The number of carbonyl (C=O) groups excluding carboxylic acids is 1. The summed E-state index contributed by atoms with van der Waals surface area (Å²) in [5, 5.41) is 4.42. The molecule has 26 heavy (non-hydrogen) atoms. The molecular formula is C20H27BrN2O3. The van der Waals surface area contributed by atoms with Crippen LogP contribution in [0.15, 0.2) is 21.7 Å². The molecule has 0 heterocycles. The first-order valence-corrected chi connectivity index (χ1v) is 10.3. The lowest BCUT2D eigenvalue weighted by atomic mass is 9.70. The van der Waals surface area contributed by atoms with E-state index in [1.54, 1.807) is 19.2 Å². The van der Waals surface area contributed by atoms with Crippen molar-refractivity contribution in [2.45, 2.75) is 51.9 Å². The van der Waals surface area contributed by atoms with Gasteiger partial charge in [0.05, 0.1) is 18.2 Å². The molecule has 1 amide bonds. The molecule has 6 heteroatoms. The molecular weight excluding hydrogens is 396 g/mol. The maximum Gasteiger partial charge on any atom is 0.271 e. The molecule has 2 saturated carbocycles. The highest BCUT2D eigenvalue weighted by atomic mass is 79.9. The van der Waals surface area contributed by atoms with E-state index in [-0.39, 0.29) is 5.91 Å². The molecule has 3 rings (SSSR count). The van der Waals surface area contributed by atoms with E-state index in [4.69, 9.17) is 9.47 Å². The smallest absolute Gasteiger partial charge is 0.271 e. The molecule has 1 aromatic carbocycles. The number of fused-ring (bicyclic) bond motifs is 1. The van der Waals surface area contributed by atoms with Crippen molar-refractivity contribution < 1.29 is 14.3 Å². The van der Waals surface area contributed by atoms with Crippen molar-refractivity contribution in [2.24, 2.45) is 16.9 Å². The number of nitrogens with one attached hydrogen (secondary N) is 1. The highest BCUT2D eigenvalue weighted by Crippen LogP contribution is 2.39. The third kappa shape index (κ3) is 4.40. The predicted molar refractivity (Wildman–Crippen MR) is 106 cm³/mol. The van der Waals surface area contributed by atoms with Crippen LogP contribution in [0.5, 0.6) is 11.5 Å². The van der Waals surface area contributed by atoms with E-state index < -0.39 is 0 Å². The second-order valence-corrected chi connectivity index (χ2v) is 7.94. The molecule has 0 spiro atoms. The van der Waals surface area contributed by atoms with Gasteiger partial charge < -0.3 is 9.47 Å². The lowest BCUT2D eigenvalue weighted by Crippen LogP contribution is -2.29. The molecule has 0 radical (unpaired) electrons. The Bertz CT molecular complexity index is 690. The molecule has 0 saturated heterocycles. The quantitative estimate of drug-likeness (QED) is 0.683. The van der Waals surface area contributed by atoms with E-state index in [1.807, 2.05) is 6.92 Å². The van der Waals surface area contributed by atoms with Crippen molar-refractivity contribution in [1.29, 1.82) is 0 Å². The summed E-state index contributed by atoms with van der Waals surface area (Å²) >= 11 is 3.45. The molecule has 2 fully saturated rings. The van der Waals surface area contributed by atoms with Gasteiger partial charge in [-0.25, -0.2) is 5.43 Å². The van der Waals surface area contributed by atoms with Crippen molar-refractivity contribution in [3.8, 4) is 11.5 Å². The lowest BCUT2D eigenvalue weighted by molar-refractivity contribution is 0.0953. The Morgan fingerprint density at radius 1 is 1.27 bits per heavy atom. The van der Waals surface area contributed by atoms with E-state index in [0.29, 0.717) is 28.1 Å². The van der Waals surface area contributed by atoms with E-state index in [9.17, 15) is 4.79 Å². The predicted octanol–water partition coefficient (Wildman–Crippen LogP) is 4.93. The summed E-state index contributed by atoms with van der Waals surface area (Å²) in [5.41, 5.74) is 4.34. The average molecular weight is 423 g/mol. The SMILES string of the molecule is CCOc1c(Br)cc(C(=O)N/N=C2/CC[C@@H]3CCCC[C@@H]3C2)cc1OC. The topological polar surface area (TPSA) is 59.9 Å². The fourth-order valence-corrected chi connectivity index (χ4v) is 4.68. The van der Waals surface area contributed by atoms with Gasteiger partial charge in [0.2, 0.25) is 0 Å². The molecule has 1 N–H and O–H groups in total. The van der Waals surface area contributed by atoms with Crippen LogP contribution < -0.4 is 14.9 Å². The Morgan fingerprint density at radius 3 is 2.77 bits per heavy atom. The Hall–Kier alpha value is -1.56. The van der Waals surface area contributed by atoms with Crippen molar-refractivity contribution in [3.05, 3.63) is 22.2 Å². The first kappa shape index (κ1) is 19.2. The van der Waals surface area contributed by atoms with Crippen molar-refractivity contribution >= 4 is 27.5 Å². The fraction of sp³-hybridized carbons (Fsp3) is 0.600. The number of nitrogens with zero attached hydrogens (tertiary/aromatic N) is 1. The zero-order chi connectivity index (χ0) is 18.5. The summed E-state index contributed by atoms with van der Waals surface area (Å²) in [5.74, 6) is 2.53. The Balaban J connectivity index is 1.67. The summed E-state index contributed by atoms with van der Waals surface area (Å²) in [6, 6.07) is 3.42. The monoisotopic (exact) mass is 422 g/mol. The van der Waals surface area contributed by atoms with Crippen LogP contribution in [-0.2, 0) is 0 Å². The van der Waals surface area contributed by atoms with Crippen LogP contribution in [0, 0.1) is 11.8 Å². The summed E-state index contributed by atoms with van der Waals surface area (Å²) in [4.78, 5) is 12.5. The number of hydrogen-bond donors (Lipinski definition) is 1. The highest BCUT2D eigenvalue weighted by molar-refractivity contribution is 9.10. The first-order chi connectivity index (χ1) is 12.6.